The van der Waals surface area contributed by atoms with Gasteiger partial charge in [0.25, 0.3) is 0 Å². The van der Waals surface area contributed by atoms with E-state index in [1.54, 1.807) is 24.4 Å². The van der Waals surface area contributed by atoms with E-state index in [1.807, 2.05) is 13.8 Å². The number of benzene rings is 1. The number of nitrogens with zero attached hydrogens (tertiary/aromatic N) is 6. The van der Waals surface area contributed by atoms with Gasteiger partial charge >= 0.3 is 0 Å². The summed E-state index contributed by atoms with van der Waals surface area (Å²) in [7, 11) is -3.95. The highest BCUT2D eigenvalue weighted by atomic mass is 32.2. The van der Waals surface area contributed by atoms with Gasteiger partial charge in [0.1, 0.15) is 22.7 Å². The molecule has 0 bridgehead atoms. The summed E-state index contributed by atoms with van der Waals surface area (Å²) in [5.41, 5.74) is 0.743. The number of hydrogen-bond acceptors (Lipinski definition) is 9. The van der Waals surface area contributed by atoms with Crippen LogP contribution < -0.4 is 9.88 Å². The zero-order valence-electron chi connectivity index (χ0n) is 18.8. The Morgan fingerprint density at radius 1 is 1.15 bits per heavy atom. The molecule has 0 unspecified atom stereocenters. The van der Waals surface area contributed by atoms with Crippen molar-refractivity contribution in [1.82, 2.24) is 29.9 Å². The Morgan fingerprint density at radius 3 is 2.62 bits per heavy atom. The van der Waals surface area contributed by atoms with Crippen molar-refractivity contribution in [2.75, 3.05) is 0 Å². The van der Waals surface area contributed by atoms with Gasteiger partial charge in [0.05, 0.1) is 11.9 Å². The van der Waals surface area contributed by atoms with Gasteiger partial charge in [-0.15, -0.1) is 0 Å². The van der Waals surface area contributed by atoms with Crippen molar-refractivity contribution in [3.63, 3.8) is 0 Å². The van der Waals surface area contributed by atoms with E-state index in [9.17, 15) is 8.42 Å². The third-order valence-corrected chi connectivity index (χ3v) is 6.96. The topological polar surface area (TPSA) is 152 Å². The lowest BCUT2D eigenvalue weighted by Crippen LogP contribution is -2.24. The van der Waals surface area contributed by atoms with Gasteiger partial charge in [-0.1, -0.05) is 31.1 Å². The largest absolute Gasteiger partial charge is 0.474 e. The molecular weight excluding hydrogens is 458 g/mol. The molecule has 11 nitrogen and oxygen atoms in total. The molecule has 0 radical (unpaired) electrons. The monoisotopic (exact) mass is 483 g/mol. The second-order valence-electron chi connectivity index (χ2n) is 8.72. The highest BCUT2D eigenvalue weighted by Crippen LogP contribution is 2.35. The van der Waals surface area contributed by atoms with Crippen LogP contribution in [0.3, 0.4) is 0 Å². The summed E-state index contributed by atoms with van der Waals surface area (Å²) in [6.07, 6.45) is 6.31. The van der Waals surface area contributed by atoms with Crippen LogP contribution in [0, 0.1) is 0 Å². The molecule has 0 aliphatic heterocycles. The van der Waals surface area contributed by atoms with E-state index in [2.05, 4.69) is 25.2 Å². The Kier molecular flexibility index (Phi) is 5.78. The average molecular weight is 484 g/mol. The van der Waals surface area contributed by atoms with Crippen LogP contribution in [0.2, 0.25) is 0 Å². The summed E-state index contributed by atoms with van der Waals surface area (Å²) in [5.74, 6) is 2.30. The quantitative estimate of drug-likeness (QED) is 0.436. The van der Waals surface area contributed by atoms with E-state index in [4.69, 9.17) is 14.4 Å². The molecule has 1 fully saturated rings. The fraction of sp³-hybridized carbons (Fsp3) is 0.409. The second-order valence-corrected chi connectivity index (χ2v) is 10.3. The summed E-state index contributed by atoms with van der Waals surface area (Å²) in [5, 5.41) is 14.4. The van der Waals surface area contributed by atoms with Crippen LogP contribution in [0.4, 0.5) is 0 Å². The first-order valence-electron chi connectivity index (χ1n) is 11.1. The maximum Gasteiger partial charge on any atom is 0.240 e. The van der Waals surface area contributed by atoms with Crippen LogP contribution in [-0.2, 0) is 10.0 Å². The van der Waals surface area contributed by atoms with Crippen molar-refractivity contribution in [2.24, 2.45) is 5.14 Å². The fourth-order valence-electron chi connectivity index (χ4n) is 4.20. The standard InChI is InChI=1S/C22H25N7O4S/c1-13(2)19-27-21(33-28-19)14-7-9-15(10-8-14)32-22-16-11-26-29(20(16)24-12-25-22)17-5-3-4-6-18(17)34(23,30)31/h3-6,11-15H,7-10H2,1-2H3,(H2,23,30,31). The summed E-state index contributed by atoms with van der Waals surface area (Å²) in [4.78, 5) is 13.1. The molecule has 4 aromatic rings. The highest BCUT2D eigenvalue weighted by Gasteiger charge is 2.29. The van der Waals surface area contributed by atoms with Gasteiger partial charge in [0, 0.05) is 11.8 Å². The molecule has 1 aliphatic carbocycles. The molecule has 178 valence electrons. The SMILES string of the molecule is CC(C)c1noc(C2CCC(Oc3ncnc4c3cnn4-c3ccccc3S(N)(=O)=O)CC2)n1. The number of primary sulfonamides is 1. The van der Waals surface area contributed by atoms with Crippen LogP contribution in [0.5, 0.6) is 5.88 Å². The molecule has 1 saturated carbocycles. The van der Waals surface area contributed by atoms with Crippen molar-refractivity contribution < 1.29 is 17.7 Å². The van der Waals surface area contributed by atoms with Crippen LogP contribution >= 0.6 is 0 Å². The lowest BCUT2D eigenvalue weighted by molar-refractivity contribution is 0.135. The molecule has 0 spiro atoms. The molecule has 0 amide bonds. The summed E-state index contributed by atoms with van der Waals surface area (Å²) < 4.78 is 37.2. The van der Waals surface area contributed by atoms with Crippen molar-refractivity contribution in [1.29, 1.82) is 0 Å². The van der Waals surface area contributed by atoms with E-state index in [1.165, 1.54) is 17.1 Å². The molecule has 0 saturated heterocycles. The minimum atomic E-state index is -3.95. The summed E-state index contributed by atoms with van der Waals surface area (Å²) in [6, 6.07) is 6.37. The Labute approximate surface area is 196 Å². The van der Waals surface area contributed by atoms with Gasteiger partial charge < -0.3 is 9.26 Å². The van der Waals surface area contributed by atoms with Crippen LogP contribution in [0.15, 0.2) is 46.2 Å². The Balaban J connectivity index is 1.35. The molecular formula is C22H25N7O4S. The molecule has 3 aromatic heterocycles. The minimum absolute atomic E-state index is 0.0260. The number of nitrogens with two attached hydrogens (primary N) is 1. The predicted molar refractivity (Wildman–Crippen MR) is 122 cm³/mol. The number of ether oxygens (including phenoxy) is 1. The molecule has 1 aliphatic rings. The smallest absolute Gasteiger partial charge is 0.240 e. The summed E-state index contributed by atoms with van der Waals surface area (Å²) in [6.45, 7) is 4.08. The third kappa shape index (κ3) is 4.26. The number of hydrogen-bond donors (Lipinski definition) is 1. The van der Waals surface area contributed by atoms with Crippen LogP contribution in [0.25, 0.3) is 16.7 Å². The highest BCUT2D eigenvalue weighted by molar-refractivity contribution is 7.89. The van der Waals surface area contributed by atoms with Gasteiger partial charge in [-0.25, -0.2) is 28.2 Å². The number of aromatic nitrogens is 6. The number of para-hydroxylation sites is 1. The molecule has 34 heavy (non-hydrogen) atoms. The number of rotatable bonds is 6. The number of sulfonamides is 1. The third-order valence-electron chi connectivity index (χ3n) is 6.00. The molecule has 5 rings (SSSR count). The zero-order valence-corrected chi connectivity index (χ0v) is 19.6. The molecule has 12 heteroatoms. The van der Waals surface area contributed by atoms with Crippen molar-refractivity contribution in [3.05, 3.63) is 48.5 Å². The molecule has 3 heterocycles. The second kappa shape index (κ2) is 8.76. The van der Waals surface area contributed by atoms with Gasteiger partial charge in [0.2, 0.25) is 21.8 Å². The average Bonchev–Trinajstić information content (AvgIpc) is 3.48. The Morgan fingerprint density at radius 2 is 1.91 bits per heavy atom. The normalized spacial score (nSPS) is 19.1. The van der Waals surface area contributed by atoms with Crippen LogP contribution in [-0.4, -0.2) is 44.4 Å². The van der Waals surface area contributed by atoms with Crippen molar-refractivity contribution in [3.8, 4) is 11.6 Å². The number of fused-ring (bicyclic) bond motifs is 1. The van der Waals surface area contributed by atoms with E-state index in [-0.39, 0.29) is 22.8 Å². The van der Waals surface area contributed by atoms with Gasteiger partial charge in [0.15, 0.2) is 11.5 Å². The fourth-order valence-corrected chi connectivity index (χ4v) is 4.91. The molecule has 1 aromatic carbocycles. The van der Waals surface area contributed by atoms with E-state index in [0.717, 1.165) is 31.5 Å². The maximum absolute atomic E-state index is 12.0. The van der Waals surface area contributed by atoms with Crippen molar-refractivity contribution in [2.45, 2.75) is 62.4 Å². The lowest BCUT2D eigenvalue weighted by atomic mass is 9.87. The van der Waals surface area contributed by atoms with Crippen molar-refractivity contribution >= 4 is 21.1 Å². The predicted octanol–water partition coefficient (Wildman–Crippen LogP) is 3.07. The molecule has 0 atom stereocenters. The van der Waals surface area contributed by atoms with E-state index in [0.29, 0.717) is 28.5 Å². The van der Waals surface area contributed by atoms with Gasteiger partial charge in [-0.2, -0.15) is 10.1 Å². The van der Waals surface area contributed by atoms with E-state index >= 15 is 0 Å². The summed E-state index contributed by atoms with van der Waals surface area (Å²) >= 11 is 0. The first-order chi connectivity index (χ1) is 16.3. The zero-order chi connectivity index (χ0) is 23.9. The Hall–Kier alpha value is -3.38. The first-order valence-corrected chi connectivity index (χ1v) is 12.7. The minimum Gasteiger partial charge on any atom is -0.474 e. The Bertz CT molecular complexity index is 1420. The van der Waals surface area contributed by atoms with Gasteiger partial charge in [-0.05, 0) is 37.8 Å². The lowest BCUT2D eigenvalue weighted by Gasteiger charge is -2.26. The molecule has 2 N–H and O–H groups in total. The first kappa shape index (κ1) is 22.4. The van der Waals surface area contributed by atoms with Gasteiger partial charge in [-0.3, -0.25) is 0 Å². The van der Waals surface area contributed by atoms with E-state index < -0.39 is 10.0 Å². The van der Waals surface area contributed by atoms with Crippen LogP contribution in [0.1, 0.15) is 63.1 Å². The maximum atomic E-state index is 12.0.